The Morgan fingerprint density at radius 2 is 1.82 bits per heavy atom. The lowest BCUT2D eigenvalue weighted by Crippen LogP contribution is -2.04. The number of halogens is 3. The van der Waals surface area contributed by atoms with Crippen molar-refractivity contribution in [2.45, 2.75) is 20.0 Å². The number of aromatic nitrogens is 1. The second-order valence-corrected chi connectivity index (χ2v) is 3.89. The van der Waals surface area contributed by atoms with E-state index < -0.39 is 11.9 Å². The molecule has 17 heavy (non-hydrogen) atoms. The van der Waals surface area contributed by atoms with Crippen LogP contribution in [0.15, 0.2) is 28.8 Å². The number of aryl methyl sites for hydroxylation is 2. The average Bonchev–Trinajstić information content (AvgIpc) is 2.65. The molecule has 0 radical (unpaired) electrons. The van der Waals surface area contributed by atoms with Crippen LogP contribution in [-0.2, 0) is 6.18 Å². The van der Waals surface area contributed by atoms with Crippen LogP contribution in [-0.4, -0.2) is 5.16 Å². The number of rotatable bonds is 1. The maximum absolute atomic E-state index is 12.4. The summed E-state index contributed by atoms with van der Waals surface area (Å²) in [6.45, 7) is 3.73. The molecule has 1 aromatic carbocycles. The van der Waals surface area contributed by atoms with Crippen molar-refractivity contribution in [3.63, 3.8) is 0 Å². The van der Waals surface area contributed by atoms with Gasteiger partial charge in [0.25, 0.3) is 0 Å². The minimum atomic E-state index is -4.47. The highest BCUT2D eigenvalue weighted by atomic mass is 19.4. The smallest absolute Gasteiger partial charge is 0.356 e. The highest BCUT2D eigenvalue weighted by Crippen LogP contribution is 2.32. The Labute approximate surface area is 96.0 Å². The van der Waals surface area contributed by atoms with Crippen molar-refractivity contribution < 1.29 is 17.7 Å². The maximum atomic E-state index is 12.4. The Morgan fingerprint density at radius 3 is 2.35 bits per heavy atom. The molecule has 0 fully saturated rings. The van der Waals surface area contributed by atoms with E-state index in [0.29, 0.717) is 5.56 Å². The standard InChI is InChI=1S/C12H10F3NO/c1-7-3-4-9(8(2)5-7)10-6-11(16-17-10)12(13,14)15/h3-6H,1-2H3. The molecule has 1 aromatic heterocycles. The van der Waals surface area contributed by atoms with Crippen LogP contribution >= 0.6 is 0 Å². The van der Waals surface area contributed by atoms with Gasteiger partial charge in [0.1, 0.15) is 0 Å². The van der Waals surface area contributed by atoms with Gasteiger partial charge in [-0.25, -0.2) is 0 Å². The Morgan fingerprint density at radius 1 is 1.12 bits per heavy atom. The van der Waals surface area contributed by atoms with Crippen molar-refractivity contribution in [1.29, 1.82) is 0 Å². The SMILES string of the molecule is Cc1ccc(-c2cc(C(F)(F)F)no2)c(C)c1. The second-order valence-electron chi connectivity index (χ2n) is 3.89. The van der Waals surface area contributed by atoms with E-state index in [4.69, 9.17) is 4.52 Å². The molecule has 2 aromatic rings. The summed E-state index contributed by atoms with van der Waals surface area (Å²) in [5.74, 6) is 0.134. The van der Waals surface area contributed by atoms with Gasteiger partial charge < -0.3 is 4.52 Å². The number of alkyl halides is 3. The quantitative estimate of drug-likeness (QED) is 0.754. The zero-order chi connectivity index (χ0) is 12.6. The minimum Gasteiger partial charge on any atom is -0.356 e. The van der Waals surface area contributed by atoms with Crippen LogP contribution in [0.1, 0.15) is 16.8 Å². The van der Waals surface area contributed by atoms with E-state index >= 15 is 0 Å². The number of hydrogen-bond donors (Lipinski definition) is 0. The molecule has 1 heterocycles. The predicted octanol–water partition coefficient (Wildman–Crippen LogP) is 3.98. The van der Waals surface area contributed by atoms with Crippen LogP contribution in [0, 0.1) is 13.8 Å². The van der Waals surface area contributed by atoms with E-state index in [2.05, 4.69) is 5.16 Å². The Balaban J connectivity index is 2.44. The van der Waals surface area contributed by atoms with Gasteiger partial charge in [-0.15, -0.1) is 0 Å². The van der Waals surface area contributed by atoms with Gasteiger partial charge in [-0.2, -0.15) is 13.2 Å². The van der Waals surface area contributed by atoms with E-state index in [1.54, 1.807) is 6.07 Å². The third-order valence-electron chi connectivity index (χ3n) is 2.45. The summed E-state index contributed by atoms with van der Waals surface area (Å²) in [5.41, 5.74) is 1.52. The highest BCUT2D eigenvalue weighted by Gasteiger charge is 2.35. The molecule has 0 N–H and O–H groups in total. The van der Waals surface area contributed by atoms with Gasteiger partial charge in [-0.05, 0) is 19.4 Å². The molecule has 0 atom stereocenters. The molecule has 0 spiro atoms. The Kier molecular flexibility index (Phi) is 2.69. The molecule has 2 rings (SSSR count). The lowest BCUT2D eigenvalue weighted by molar-refractivity contribution is -0.142. The predicted molar refractivity (Wildman–Crippen MR) is 56.4 cm³/mol. The first-order chi connectivity index (χ1) is 7.88. The normalized spacial score (nSPS) is 11.8. The largest absolute Gasteiger partial charge is 0.436 e. The van der Waals surface area contributed by atoms with E-state index in [1.165, 1.54) is 0 Å². The molecule has 0 aliphatic heterocycles. The summed E-state index contributed by atoms with van der Waals surface area (Å²) in [4.78, 5) is 0. The fourth-order valence-electron chi connectivity index (χ4n) is 1.63. The first-order valence-electron chi connectivity index (χ1n) is 4.99. The summed E-state index contributed by atoms with van der Waals surface area (Å²) in [7, 11) is 0. The first kappa shape index (κ1) is 11.7. The van der Waals surface area contributed by atoms with Crippen molar-refractivity contribution in [1.82, 2.24) is 5.16 Å². The molecule has 0 aliphatic carbocycles. The summed E-state index contributed by atoms with van der Waals surface area (Å²) >= 11 is 0. The third kappa shape index (κ3) is 2.33. The van der Waals surface area contributed by atoms with E-state index in [1.807, 2.05) is 26.0 Å². The van der Waals surface area contributed by atoms with Crippen LogP contribution < -0.4 is 0 Å². The minimum absolute atomic E-state index is 0.134. The molecular weight excluding hydrogens is 231 g/mol. The fraction of sp³-hybridized carbons (Fsp3) is 0.250. The number of benzene rings is 1. The van der Waals surface area contributed by atoms with Crippen LogP contribution in [0.25, 0.3) is 11.3 Å². The molecule has 90 valence electrons. The molecule has 2 nitrogen and oxygen atoms in total. The molecule has 0 bridgehead atoms. The number of nitrogens with zero attached hydrogens (tertiary/aromatic N) is 1. The van der Waals surface area contributed by atoms with Gasteiger partial charge in [0.05, 0.1) is 0 Å². The molecule has 0 aliphatic rings. The van der Waals surface area contributed by atoms with E-state index in [9.17, 15) is 13.2 Å². The van der Waals surface area contributed by atoms with Crippen molar-refractivity contribution in [3.05, 3.63) is 41.1 Å². The van der Waals surface area contributed by atoms with Crippen LogP contribution in [0.3, 0.4) is 0 Å². The van der Waals surface area contributed by atoms with Gasteiger partial charge >= 0.3 is 6.18 Å². The highest BCUT2D eigenvalue weighted by molar-refractivity contribution is 5.62. The van der Waals surface area contributed by atoms with Gasteiger partial charge in [0, 0.05) is 11.6 Å². The Bertz CT molecular complexity index is 543. The Hall–Kier alpha value is -1.78. The third-order valence-corrected chi connectivity index (χ3v) is 2.45. The van der Waals surface area contributed by atoms with Gasteiger partial charge in [-0.3, -0.25) is 0 Å². The maximum Gasteiger partial charge on any atom is 0.436 e. The van der Waals surface area contributed by atoms with Crippen molar-refractivity contribution in [2.75, 3.05) is 0 Å². The van der Waals surface area contributed by atoms with Gasteiger partial charge in [0.15, 0.2) is 11.5 Å². The van der Waals surface area contributed by atoms with Crippen LogP contribution in [0.2, 0.25) is 0 Å². The van der Waals surface area contributed by atoms with Crippen LogP contribution in [0.4, 0.5) is 13.2 Å². The monoisotopic (exact) mass is 241 g/mol. The van der Waals surface area contributed by atoms with Crippen molar-refractivity contribution in [3.8, 4) is 11.3 Å². The summed E-state index contributed by atoms with van der Waals surface area (Å²) < 4.78 is 41.8. The first-order valence-corrected chi connectivity index (χ1v) is 4.99. The fourth-order valence-corrected chi connectivity index (χ4v) is 1.63. The summed E-state index contributed by atoms with van der Waals surface area (Å²) in [5, 5.41) is 3.03. The number of hydrogen-bond acceptors (Lipinski definition) is 2. The molecule has 5 heteroatoms. The van der Waals surface area contributed by atoms with Gasteiger partial charge in [-0.1, -0.05) is 28.9 Å². The molecule has 0 saturated carbocycles. The molecule has 0 saturated heterocycles. The summed E-state index contributed by atoms with van der Waals surface area (Å²) in [6, 6.07) is 6.34. The van der Waals surface area contributed by atoms with Gasteiger partial charge in [0.2, 0.25) is 0 Å². The molecule has 0 unspecified atom stereocenters. The lowest BCUT2D eigenvalue weighted by Gasteiger charge is -2.02. The molecule has 0 amide bonds. The topological polar surface area (TPSA) is 26.0 Å². The van der Waals surface area contributed by atoms with Crippen molar-refractivity contribution in [2.24, 2.45) is 0 Å². The zero-order valence-corrected chi connectivity index (χ0v) is 9.30. The summed E-state index contributed by atoms with van der Waals surface area (Å²) in [6.07, 6.45) is -4.47. The average molecular weight is 241 g/mol. The molecular formula is C12H10F3NO. The van der Waals surface area contributed by atoms with E-state index in [-0.39, 0.29) is 5.76 Å². The van der Waals surface area contributed by atoms with E-state index in [0.717, 1.165) is 17.2 Å². The second kappa shape index (κ2) is 3.91. The lowest BCUT2D eigenvalue weighted by atomic mass is 10.0. The zero-order valence-electron chi connectivity index (χ0n) is 9.30. The van der Waals surface area contributed by atoms with Crippen molar-refractivity contribution >= 4 is 0 Å². The van der Waals surface area contributed by atoms with Crippen LogP contribution in [0.5, 0.6) is 0 Å².